The van der Waals surface area contributed by atoms with Crippen LogP contribution in [0.4, 0.5) is 0 Å². The summed E-state index contributed by atoms with van der Waals surface area (Å²) in [6, 6.07) is 1.29. The molecule has 0 bridgehead atoms. The van der Waals surface area contributed by atoms with Crippen LogP contribution < -0.4 is 5.32 Å². The second kappa shape index (κ2) is 5.06. The first-order valence-electron chi connectivity index (χ1n) is 5.85. The molecule has 1 unspecified atom stereocenters. The van der Waals surface area contributed by atoms with Crippen LogP contribution in [0.15, 0.2) is 4.99 Å². The van der Waals surface area contributed by atoms with Crippen LogP contribution in [0, 0.1) is 0 Å². The zero-order valence-electron chi connectivity index (χ0n) is 8.96. The van der Waals surface area contributed by atoms with Crippen molar-refractivity contribution in [2.24, 2.45) is 4.99 Å². The van der Waals surface area contributed by atoms with Gasteiger partial charge in [0.1, 0.15) is 0 Å². The van der Waals surface area contributed by atoms with Gasteiger partial charge < -0.3 is 5.32 Å². The molecule has 0 spiro atoms. The van der Waals surface area contributed by atoms with E-state index in [0.29, 0.717) is 12.1 Å². The predicted octanol–water partition coefficient (Wildman–Crippen LogP) is 2.79. The smallest absolute Gasteiger partial charge is 0.157 e. The summed E-state index contributed by atoms with van der Waals surface area (Å²) < 4.78 is 0. The fourth-order valence-corrected chi connectivity index (χ4v) is 3.26. The molecule has 3 heteroatoms. The number of nitrogens with zero attached hydrogens (tertiary/aromatic N) is 1. The summed E-state index contributed by atoms with van der Waals surface area (Å²) in [6.45, 7) is 2.22. The average molecular weight is 212 g/mol. The predicted molar refractivity (Wildman–Crippen MR) is 64.0 cm³/mol. The molecule has 1 saturated carbocycles. The molecule has 0 aromatic heterocycles. The minimum Gasteiger partial charge on any atom is -0.362 e. The normalized spacial score (nSPS) is 28.9. The van der Waals surface area contributed by atoms with Crippen LogP contribution in [-0.4, -0.2) is 23.0 Å². The van der Waals surface area contributed by atoms with Crippen molar-refractivity contribution in [2.75, 3.05) is 5.75 Å². The third-order valence-corrected chi connectivity index (χ3v) is 4.16. The fraction of sp³-hybridized carbons (Fsp3) is 0.909. The van der Waals surface area contributed by atoms with E-state index in [1.54, 1.807) is 0 Å². The summed E-state index contributed by atoms with van der Waals surface area (Å²) in [4.78, 5) is 4.67. The van der Waals surface area contributed by atoms with E-state index in [2.05, 4.69) is 17.2 Å². The molecule has 2 aliphatic rings. The molecule has 1 heterocycles. The number of rotatable bonds is 2. The van der Waals surface area contributed by atoms with Crippen molar-refractivity contribution >= 4 is 16.9 Å². The van der Waals surface area contributed by atoms with Crippen molar-refractivity contribution in [2.45, 2.75) is 57.5 Å². The van der Waals surface area contributed by atoms with Crippen LogP contribution in [-0.2, 0) is 0 Å². The maximum Gasteiger partial charge on any atom is 0.157 e. The van der Waals surface area contributed by atoms with Crippen molar-refractivity contribution < 1.29 is 0 Å². The van der Waals surface area contributed by atoms with Crippen molar-refractivity contribution in [3.05, 3.63) is 0 Å². The van der Waals surface area contributed by atoms with E-state index in [1.807, 2.05) is 11.8 Å². The van der Waals surface area contributed by atoms with Gasteiger partial charge in [0.25, 0.3) is 0 Å². The molecule has 0 amide bonds. The Morgan fingerprint density at radius 3 is 2.79 bits per heavy atom. The van der Waals surface area contributed by atoms with Gasteiger partial charge in [-0.3, -0.25) is 4.99 Å². The molecule has 1 aliphatic carbocycles. The number of thioether (sulfide) groups is 1. The van der Waals surface area contributed by atoms with Gasteiger partial charge in [-0.2, -0.15) is 0 Å². The molecule has 2 nitrogen and oxygen atoms in total. The lowest BCUT2D eigenvalue weighted by Crippen LogP contribution is -2.33. The lowest BCUT2D eigenvalue weighted by molar-refractivity contribution is 0.415. The third kappa shape index (κ3) is 2.66. The summed E-state index contributed by atoms with van der Waals surface area (Å²) in [6.07, 6.45) is 8.09. The van der Waals surface area contributed by atoms with E-state index in [0.717, 1.165) is 0 Å². The minimum atomic E-state index is 0.575. The first-order valence-corrected chi connectivity index (χ1v) is 6.84. The van der Waals surface area contributed by atoms with Gasteiger partial charge in [0.05, 0.1) is 6.04 Å². The van der Waals surface area contributed by atoms with Crippen LogP contribution in [0.3, 0.4) is 0 Å². The highest BCUT2D eigenvalue weighted by Gasteiger charge is 2.20. The SMILES string of the molecule is CCC1CSC(NC2CCCCC2)=N1. The molecule has 14 heavy (non-hydrogen) atoms. The Bertz CT molecular complexity index is 209. The highest BCUT2D eigenvalue weighted by Crippen LogP contribution is 2.22. The number of hydrogen-bond donors (Lipinski definition) is 1. The van der Waals surface area contributed by atoms with E-state index in [9.17, 15) is 0 Å². The first kappa shape index (κ1) is 10.3. The molecular formula is C11H20N2S. The van der Waals surface area contributed by atoms with Gasteiger partial charge in [0.2, 0.25) is 0 Å². The summed E-state index contributed by atoms with van der Waals surface area (Å²) in [7, 11) is 0. The molecule has 1 atom stereocenters. The Hall–Kier alpha value is -0.180. The number of aliphatic imine (C=N–C) groups is 1. The van der Waals surface area contributed by atoms with Gasteiger partial charge in [-0.25, -0.2) is 0 Å². The van der Waals surface area contributed by atoms with Gasteiger partial charge in [0.15, 0.2) is 5.17 Å². The van der Waals surface area contributed by atoms with Gasteiger partial charge in [-0.15, -0.1) is 0 Å². The fourth-order valence-electron chi connectivity index (χ4n) is 2.13. The van der Waals surface area contributed by atoms with Crippen LogP contribution >= 0.6 is 11.8 Å². The van der Waals surface area contributed by atoms with E-state index in [1.165, 1.54) is 49.4 Å². The number of hydrogen-bond acceptors (Lipinski definition) is 3. The van der Waals surface area contributed by atoms with Gasteiger partial charge >= 0.3 is 0 Å². The zero-order chi connectivity index (χ0) is 9.80. The van der Waals surface area contributed by atoms with Gasteiger partial charge in [-0.1, -0.05) is 37.9 Å². The molecule has 0 aromatic rings. The summed E-state index contributed by atoms with van der Waals surface area (Å²) in [5, 5.41) is 4.81. The highest BCUT2D eigenvalue weighted by atomic mass is 32.2. The lowest BCUT2D eigenvalue weighted by Gasteiger charge is -2.23. The lowest BCUT2D eigenvalue weighted by atomic mass is 9.96. The minimum absolute atomic E-state index is 0.575. The summed E-state index contributed by atoms with van der Waals surface area (Å²) in [5.41, 5.74) is 0. The average Bonchev–Trinajstić information content (AvgIpc) is 2.67. The summed E-state index contributed by atoms with van der Waals surface area (Å²) >= 11 is 1.91. The number of amidine groups is 1. The van der Waals surface area contributed by atoms with Gasteiger partial charge in [-0.05, 0) is 19.3 Å². The van der Waals surface area contributed by atoms with Crippen molar-refractivity contribution in [1.29, 1.82) is 0 Å². The second-order valence-corrected chi connectivity index (χ2v) is 5.30. The van der Waals surface area contributed by atoms with E-state index in [4.69, 9.17) is 0 Å². The molecule has 1 aliphatic heterocycles. The van der Waals surface area contributed by atoms with Crippen LogP contribution in [0.5, 0.6) is 0 Å². The summed E-state index contributed by atoms with van der Waals surface area (Å²) in [5.74, 6) is 1.19. The number of nitrogens with one attached hydrogen (secondary N) is 1. The Balaban J connectivity index is 1.79. The van der Waals surface area contributed by atoms with E-state index >= 15 is 0 Å². The maximum atomic E-state index is 4.67. The Morgan fingerprint density at radius 2 is 2.14 bits per heavy atom. The quantitative estimate of drug-likeness (QED) is 0.761. The molecule has 0 radical (unpaired) electrons. The highest BCUT2D eigenvalue weighted by molar-refractivity contribution is 8.14. The molecule has 1 N–H and O–H groups in total. The van der Waals surface area contributed by atoms with E-state index < -0.39 is 0 Å². The molecule has 80 valence electrons. The molecular weight excluding hydrogens is 192 g/mol. The Labute approximate surface area is 90.9 Å². The van der Waals surface area contributed by atoms with Gasteiger partial charge in [0, 0.05) is 11.8 Å². The first-order chi connectivity index (χ1) is 6.88. The van der Waals surface area contributed by atoms with Crippen LogP contribution in [0.2, 0.25) is 0 Å². The third-order valence-electron chi connectivity index (χ3n) is 3.12. The van der Waals surface area contributed by atoms with Crippen molar-refractivity contribution in [3.8, 4) is 0 Å². The topological polar surface area (TPSA) is 24.4 Å². The molecule has 1 fully saturated rings. The zero-order valence-corrected chi connectivity index (χ0v) is 9.78. The molecule has 0 aromatic carbocycles. The van der Waals surface area contributed by atoms with Crippen LogP contribution in [0.25, 0.3) is 0 Å². The maximum absolute atomic E-state index is 4.67. The standard InChI is InChI=1S/C11H20N2S/c1-2-9-8-14-11(12-9)13-10-6-4-3-5-7-10/h9-10H,2-8H2,1H3,(H,12,13). The molecule has 2 rings (SSSR count). The van der Waals surface area contributed by atoms with Crippen molar-refractivity contribution in [3.63, 3.8) is 0 Å². The monoisotopic (exact) mass is 212 g/mol. The Kier molecular flexibility index (Phi) is 3.74. The Morgan fingerprint density at radius 1 is 1.36 bits per heavy atom. The molecule has 0 saturated heterocycles. The van der Waals surface area contributed by atoms with E-state index in [-0.39, 0.29) is 0 Å². The second-order valence-electron chi connectivity index (χ2n) is 4.29. The van der Waals surface area contributed by atoms with Crippen molar-refractivity contribution in [1.82, 2.24) is 5.32 Å². The van der Waals surface area contributed by atoms with Crippen LogP contribution in [0.1, 0.15) is 45.4 Å². The largest absolute Gasteiger partial charge is 0.362 e.